The second kappa shape index (κ2) is 20.9. The van der Waals surface area contributed by atoms with Gasteiger partial charge in [-0.1, -0.05) is 70.6 Å². The van der Waals surface area contributed by atoms with E-state index < -0.39 is 18.0 Å². The second-order valence-electron chi connectivity index (χ2n) is 9.69. The maximum atomic E-state index is 12.0. The van der Waals surface area contributed by atoms with E-state index in [0.717, 1.165) is 38.5 Å². The van der Waals surface area contributed by atoms with Gasteiger partial charge >= 0.3 is 11.9 Å². The zero-order chi connectivity index (χ0) is 28.0. The van der Waals surface area contributed by atoms with Gasteiger partial charge < -0.3 is 25.6 Å². The highest BCUT2D eigenvalue weighted by Gasteiger charge is 2.20. The van der Waals surface area contributed by atoms with E-state index in [1.54, 1.807) is 24.3 Å². The smallest absolute Gasteiger partial charge is 0.335 e. The molecule has 0 saturated heterocycles. The van der Waals surface area contributed by atoms with Gasteiger partial charge in [0.25, 0.3) is 0 Å². The molecule has 2 amide bonds. The molecule has 9 heteroatoms. The number of ether oxygens (including phenoxy) is 1. The summed E-state index contributed by atoms with van der Waals surface area (Å²) in [5, 5.41) is 23.1. The van der Waals surface area contributed by atoms with E-state index in [1.165, 1.54) is 52.0 Å². The number of nitrogens with one attached hydrogen (secondary N) is 2. The lowest BCUT2D eigenvalue weighted by atomic mass is 10.0. The van der Waals surface area contributed by atoms with Crippen molar-refractivity contribution in [2.45, 2.75) is 109 Å². The maximum absolute atomic E-state index is 12.0. The van der Waals surface area contributed by atoms with Crippen LogP contribution in [0.1, 0.15) is 113 Å². The van der Waals surface area contributed by atoms with Gasteiger partial charge in [-0.05, 0) is 43.5 Å². The lowest BCUT2D eigenvalue weighted by Crippen LogP contribution is -2.41. The number of carboxylic acid groups (broad SMARTS) is 2. The Hall–Kier alpha value is -3.10. The van der Waals surface area contributed by atoms with Crippen molar-refractivity contribution in [1.82, 2.24) is 10.6 Å². The molecule has 9 nitrogen and oxygen atoms in total. The Labute approximate surface area is 226 Å². The van der Waals surface area contributed by atoms with Crippen LogP contribution in [0, 0.1) is 0 Å². The summed E-state index contributed by atoms with van der Waals surface area (Å²) in [5.74, 6) is -1.85. The minimum Gasteiger partial charge on any atom is -0.494 e. The van der Waals surface area contributed by atoms with E-state index >= 15 is 0 Å². The molecule has 0 heterocycles. The molecule has 0 aliphatic rings. The summed E-state index contributed by atoms with van der Waals surface area (Å²) in [7, 11) is 1.49. The molecule has 38 heavy (non-hydrogen) atoms. The maximum Gasteiger partial charge on any atom is 0.335 e. The summed E-state index contributed by atoms with van der Waals surface area (Å²) in [6.07, 6.45) is 15.2. The van der Waals surface area contributed by atoms with Crippen molar-refractivity contribution in [3.63, 3.8) is 0 Å². The number of unbranched alkanes of at least 4 members (excludes halogenated alkanes) is 12. The predicted molar refractivity (Wildman–Crippen MR) is 146 cm³/mol. The molecule has 1 atom stereocenters. The number of aromatic carboxylic acids is 1. The lowest BCUT2D eigenvalue weighted by molar-refractivity contribution is -0.142. The minimum atomic E-state index is -1.11. The van der Waals surface area contributed by atoms with Crippen molar-refractivity contribution in [3.8, 4) is 5.75 Å². The van der Waals surface area contributed by atoms with E-state index in [9.17, 15) is 24.3 Å². The highest BCUT2D eigenvalue weighted by atomic mass is 16.5. The Morgan fingerprint density at radius 2 is 1.21 bits per heavy atom. The normalized spacial score (nSPS) is 11.5. The first-order valence-corrected chi connectivity index (χ1v) is 14.0. The molecule has 0 spiro atoms. The number of benzene rings is 1. The van der Waals surface area contributed by atoms with Gasteiger partial charge in [-0.2, -0.15) is 0 Å². The van der Waals surface area contributed by atoms with Gasteiger partial charge in [-0.15, -0.1) is 0 Å². The largest absolute Gasteiger partial charge is 0.494 e. The van der Waals surface area contributed by atoms with Crippen molar-refractivity contribution >= 4 is 23.8 Å². The summed E-state index contributed by atoms with van der Waals surface area (Å²) in [5.41, 5.74) is 0.265. The molecule has 0 aliphatic carbocycles. The molecule has 1 aromatic carbocycles. The molecule has 0 saturated carbocycles. The number of rotatable bonds is 23. The number of hydrogen-bond acceptors (Lipinski definition) is 5. The van der Waals surface area contributed by atoms with Crippen LogP contribution in [0.25, 0.3) is 0 Å². The molecule has 4 N–H and O–H groups in total. The van der Waals surface area contributed by atoms with E-state index in [-0.39, 0.29) is 30.2 Å². The van der Waals surface area contributed by atoms with Crippen LogP contribution in [0.3, 0.4) is 0 Å². The van der Waals surface area contributed by atoms with E-state index in [1.807, 2.05) is 0 Å². The quantitative estimate of drug-likeness (QED) is 0.139. The standard InChI is InChI=1S/C29H46N2O7/c1-30-26(32)21-20-25(29(36)37)31-27(33)15-13-11-9-7-5-3-2-4-6-8-10-12-14-22-38-24-18-16-23(17-19-24)28(34)35/h16-19,25H,2-15,20-22H2,1H3,(H,30,32)(H,31,33)(H,34,35)(H,36,37)/t25-/m0/s1. The molecular formula is C29H46N2O7. The van der Waals surface area contributed by atoms with Crippen LogP contribution in [-0.2, 0) is 14.4 Å². The third-order valence-electron chi connectivity index (χ3n) is 6.49. The Bertz CT molecular complexity index is 827. The predicted octanol–water partition coefficient (Wildman–Crippen LogP) is 5.32. The Morgan fingerprint density at radius 3 is 1.68 bits per heavy atom. The third kappa shape index (κ3) is 16.6. The second-order valence-corrected chi connectivity index (χ2v) is 9.69. The summed E-state index contributed by atoms with van der Waals surface area (Å²) >= 11 is 0. The van der Waals surface area contributed by atoms with Crippen molar-refractivity contribution in [2.75, 3.05) is 13.7 Å². The summed E-state index contributed by atoms with van der Waals surface area (Å²) < 4.78 is 5.66. The van der Waals surface area contributed by atoms with Gasteiger partial charge in [0, 0.05) is 19.9 Å². The van der Waals surface area contributed by atoms with Gasteiger partial charge in [0.15, 0.2) is 0 Å². The lowest BCUT2D eigenvalue weighted by Gasteiger charge is -2.14. The van der Waals surface area contributed by atoms with Crippen LogP contribution < -0.4 is 15.4 Å². The number of carbonyl (C=O) groups excluding carboxylic acids is 2. The van der Waals surface area contributed by atoms with Gasteiger partial charge in [-0.3, -0.25) is 9.59 Å². The fourth-order valence-electron chi connectivity index (χ4n) is 4.14. The van der Waals surface area contributed by atoms with E-state index in [2.05, 4.69) is 10.6 Å². The fraction of sp³-hybridized carbons (Fsp3) is 0.655. The van der Waals surface area contributed by atoms with Crippen molar-refractivity contribution < 1.29 is 34.1 Å². The van der Waals surface area contributed by atoms with Crippen LogP contribution in [0.4, 0.5) is 0 Å². The van der Waals surface area contributed by atoms with Gasteiger partial charge in [0.2, 0.25) is 11.8 Å². The number of hydrogen-bond donors (Lipinski definition) is 4. The fourth-order valence-corrected chi connectivity index (χ4v) is 4.14. The number of carbonyl (C=O) groups is 4. The zero-order valence-corrected chi connectivity index (χ0v) is 22.8. The Morgan fingerprint density at radius 1 is 0.711 bits per heavy atom. The zero-order valence-electron chi connectivity index (χ0n) is 22.8. The SMILES string of the molecule is CNC(=O)CC[C@H](NC(=O)CCCCCCCCCCCCCCCOc1ccc(C(=O)O)cc1)C(=O)O. The van der Waals surface area contributed by atoms with Crippen LogP contribution in [0.15, 0.2) is 24.3 Å². The van der Waals surface area contributed by atoms with Crippen molar-refractivity contribution in [3.05, 3.63) is 29.8 Å². The first kappa shape index (κ1) is 32.9. The molecule has 0 bridgehead atoms. The molecule has 214 valence electrons. The van der Waals surface area contributed by atoms with E-state index in [0.29, 0.717) is 18.8 Å². The average Bonchev–Trinajstić information content (AvgIpc) is 2.90. The Balaban J connectivity index is 1.88. The number of carboxylic acids is 2. The molecule has 0 fully saturated rings. The molecule has 0 unspecified atom stereocenters. The van der Waals surface area contributed by atoms with E-state index in [4.69, 9.17) is 9.84 Å². The minimum absolute atomic E-state index is 0.0683. The number of aliphatic carboxylic acids is 1. The average molecular weight is 535 g/mol. The molecule has 0 aromatic heterocycles. The third-order valence-corrected chi connectivity index (χ3v) is 6.49. The van der Waals surface area contributed by atoms with Crippen LogP contribution >= 0.6 is 0 Å². The molecular weight excluding hydrogens is 488 g/mol. The highest BCUT2D eigenvalue weighted by Crippen LogP contribution is 2.15. The van der Waals surface area contributed by atoms with Gasteiger partial charge in [-0.25, -0.2) is 9.59 Å². The van der Waals surface area contributed by atoms with Crippen LogP contribution in [0.2, 0.25) is 0 Å². The van der Waals surface area contributed by atoms with Crippen molar-refractivity contribution in [1.29, 1.82) is 0 Å². The summed E-state index contributed by atoms with van der Waals surface area (Å²) in [6, 6.07) is 5.48. The highest BCUT2D eigenvalue weighted by molar-refractivity contribution is 5.87. The van der Waals surface area contributed by atoms with Crippen molar-refractivity contribution in [2.24, 2.45) is 0 Å². The summed E-state index contributed by atoms with van der Waals surface area (Å²) in [6.45, 7) is 0.652. The number of amides is 2. The topological polar surface area (TPSA) is 142 Å². The summed E-state index contributed by atoms with van der Waals surface area (Å²) in [4.78, 5) is 45.4. The molecule has 1 rings (SSSR count). The van der Waals surface area contributed by atoms with Crippen LogP contribution in [-0.4, -0.2) is 53.7 Å². The van der Waals surface area contributed by atoms with Crippen LogP contribution in [0.5, 0.6) is 5.75 Å². The first-order chi connectivity index (χ1) is 18.3. The monoisotopic (exact) mass is 534 g/mol. The first-order valence-electron chi connectivity index (χ1n) is 14.0. The molecule has 0 radical (unpaired) electrons. The molecule has 1 aromatic rings. The van der Waals surface area contributed by atoms with Gasteiger partial charge in [0.1, 0.15) is 11.8 Å². The van der Waals surface area contributed by atoms with Gasteiger partial charge in [0.05, 0.1) is 12.2 Å². The Kier molecular flexibility index (Phi) is 18.1. The molecule has 0 aliphatic heterocycles.